The van der Waals surface area contributed by atoms with Crippen LogP contribution in [0.4, 0.5) is 5.69 Å². The number of amides is 3. The molecule has 0 radical (unpaired) electrons. The zero-order chi connectivity index (χ0) is 20.1. The summed E-state index contributed by atoms with van der Waals surface area (Å²) in [6.45, 7) is 6.52. The number of hydrogen-bond acceptors (Lipinski definition) is 5. The minimum Gasteiger partial charge on any atom is -0.482 e. The Hall–Kier alpha value is -2.39. The van der Waals surface area contributed by atoms with Gasteiger partial charge >= 0.3 is 0 Å². The van der Waals surface area contributed by atoms with Gasteiger partial charge in [0.2, 0.25) is 11.8 Å². The summed E-state index contributed by atoms with van der Waals surface area (Å²) in [7, 11) is 0. The number of carbonyl (C=O) groups is 3. The summed E-state index contributed by atoms with van der Waals surface area (Å²) < 4.78 is 6.30. The molecule has 1 saturated heterocycles. The molecule has 0 atom stereocenters. The Morgan fingerprint density at radius 3 is 2.68 bits per heavy atom. The summed E-state index contributed by atoms with van der Waals surface area (Å²) in [6, 6.07) is 5.37. The molecule has 9 heteroatoms. The standard InChI is InChI=1S/C19H23BrN4O4/c1-2-5-21-17(25)11-22-6-8-23(9-7-22)18(26)12-24-15-4-3-14(20)10-16(15)28-13-19(24)27/h2-4,10H,1,5-9,11-13H2,(H,21,25). The van der Waals surface area contributed by atoms with Crippen molar-refractivity contribution in [3.8, 4) is 5.75 Å². The number of rotatable bonds is 6. The van der Waals surface area contributed by atoms with Crippen molar-refractivity contribution in [2.75, 3.05) is 57.3 Å². The van der Waals surface area contributed by atoms with Crippen LogP contribution in [-0.2, 0) is 14.4 Å². The maximum absolute atomic E-state index is 12.7. The molecule has 1 aromatic rings. The molecule has 0 aromatic heterocycles. The molecule has 1 aromatic carbocycles. The van der Waals surface area contributed by atoms with Gasteiger partial charge in [0, 0.05) is 37.2 Å². The highest BCUT2D eigenvalue weighted by Gasteiger charge is 2.30. The summed E-state index contributed by atoms with van der Waals surface area (Å²) in [5.74, 6) is 0.180. The molecule has 3 amide bonds. The van der Waals surface area contributed by atoms with E-state index in [0.29, 0.717) is 50.7 Å². The smallest absolute Gasteiger partial charge is 0.265 e. The van der Waals surface area contributed by atoms with Crippen LogP contribution < -0.4 is 15.0 Å². The fourth-order valence-electron chi connectivity index (χ4n) is 3.19. The third-order valence-corrected chi connectivity index (χ3v) is 5.19. The van der Waals surface area contributed by atoms with Crippen LogP contribution in [0.2, 0.25) is 0 Å². The average Bonchev–Trinajstić information content (AvgIpc) is 2.69. The quantitative estimate of drug-likeness (QED) is 0.642. The second kappa shape index (κ2) is 9.20. The first-order valence-corrected chi connectivity index (χ1v) is 9.87. The highest BCUT2D eigenvalue weighted by Crippen LogP contribution is 2.34. The van der Waals surface area contributed by atoms with Crippen molar-refractivity contribution >= 4 is 39.3 Å². The highest BCUT2D eigenvalue weighted by atomic mass is 79.9. The predicted molar refractivity (Wildman–Crippen MR) is 108 cm³/mol. The molecule has 0 saturated carbocycles. The van der Waals surface area contributed by atoms with Crippen LogP contribution >= 0.6 is 15.9 Å². The van der Waals surface area contributed by atoms with Gasteiger partial charge in [-0.1, -0.05) is 22.0 Å². The monoisotopic (exact) mass is 450 g/mol. The topological polar surface area (TPSA) is 82.2 Å². The maximum atomic E-state index is 12.7. The molecular weight excluding hydrogens is 428 g/mol. The number of nitrogens with one attached hydrogen (secondary N) is 1. The van der Waals surface area contributed by atoms with Crippen LogP contribution in [0.15, 0.2) is 35.3 Å². The largest absolute Gasteiger partial charge is 0.482 e. The Kier molecular flexibility index (Phi) is 6.69. The second-order valence-corrected chi connectivity index (χ2v) is 7.55. The molecule has 150 valence electrons. The number of fused-ring (bicyclic) bond motifs is 1. The van der Waals surface area contributed by atoms with E-state index in [4.69, 9.17) is 4.74 Å². The molecule has 2 heterocycles. The van der Waals surface area contributed by atoms with Gasteiger partial charge in [-0.3, -0.25) is 24.2 Å². The molecule has 3 rings (SSSR count). The minimum absolute atomic E-state index is 0.0172. The van der Waals surface area contributed by atoms with Crippen molar-refractivity contribution in [3.05, 3.63) is 35.3 Å². The third kappa shape index (κ3) is 4.90. The van der Waals surface area contributed by atoms with Crippen LogP contribution in [0.5, 0.6) is 5.75 Å². The molecule has 2 aliphatic heterocycles. The lowest BCUT2D eigenvalue weighted by molar-refractivity contribution is -0.133. The highest BCUT2D eigenvalue weighted by molar-refractivity contribution is 9.10. The first-order chi connectivity index (χ1) is 13.5. The fraction of sp³-hybridized carbons (Fsp3) is 0.421. The van der Waals surface area contributed by atoms with Crippen molar-refractivity contribution in [1.29, 1.82) is 0 Å². The molecule has 0 unspecified atom stereocenters. The molecule has 1 N–H and O–H groups in total. The Morgan fingerprint density at radius 2 is 1.96 bits per heavy atom. The van der Waals surface area contributed by atoms with Crippen LogP contribution in [0.1, 0.15) is 0 Å². The van der Waals surface area contributed by atoms with E-state index >= 15 is 0 Å². The minimum atomic E-state index is -0.235. The Labute approximate surface area is 172 Å². The van der Waals surface area contributed by atoms with Crippen LogP contribution in [-0.4, -0.2) is 79.9 Å². The van der Waals surface area contributed by atoms with Crippen molar-refractivity contribution in [3.63, 3.8) is 0 Å². The predicted octanol–water partition coefficient (Wildman–Crippen LogP) is 0.621. The number of ether oxygens (including phenoxy) is 1. The van der Waals surface area contributed by atoms with E-state index in [-0.39, 0.29) is 30.9 Å². The van der Waals surface area contributed by atoms with Gasteiger partial charge in [0.25, 0.3) is 5.91 Å². The van der Waals surface area contributed by atoms with Gasteiger partial charge in [-0.05, 0) is 18.2 Å². The van der Waals surface area contributed by atoms with E-state index in [0.717, 1.165) is 4.47 Å². The van der Waals surface area contributed by atoms with Gasteiger partial charge in [-0.25, -0.2) is 0 Å². The van der Waals surface area contributed by atoms with E-state index < -0.39 is 0 Å². The Balaban J connectivity index is 1.54. The molecule has 0 aliphatic carbocycles. The first-order valence-electron chi connectivity index (χ1n) is 9.08. The Bertz CT molecular complexity index is 777. The fourth-order valence-corrected chi connectivity index (χ4v) is 3.53. The van der Waals surface area contributed by atoms with E-state index in [1.54, 1.807) is 23.1 Å². The number of nitrogens with zero attached hydrogens (tertiary/aromatic N) is 3. The van der Waals surface area contributed by atoms with Crippen LogP contribution in [0, 0.1) is 0 Å². The number of carbonyl (C=O) groups excluding carboxylic acids is 3. The number of hydrogen-bond donors (Lipinski definition) is 1. The van der Waals surface area contributed by atoms with E-state index in [1.807, 2.05) is 11.0 Å². The molecule has 8 nitrogen and oxygen atoms in total. The van der Waals surface area contributed by atoms with Gasteiger partial charge in [0.1, 0.15) is 12.3 Å². The van der Waals surface area contributed by atoms with E-state index in [2.05, 4.69) is 27.8 Å². The van der Waals surface area contributed by atoms with Gasteiger partial charge in [-0.2, -0.15) is 0 Å². The molecule has 0 bridgehead atoms. The van der Waals surface area contributed by atoms with E-state index in [9.17, 15) is 14.4 Å². The molecule has 1 fully saturated rings. The van der Waals surface area contributed by atoms with Crippen molar-refractivity contribution < 1.29 is 19.1 Å². The lowest BCUT2D eigenvalue weighted by Gasteiger charge is -2.36. The summed E-state index contributed by atoms with van der Waals surface area (Å²) in [6.07, 6.45) is 1.64. The zero-order valence-corrected chi connectivity index (χ0v) is 17.1. The van der Waals surface area contributed by atoms with Gasteiger partial charge in [-0.15, -0.1) is 6.58 Å². The van der Waals surface area contributed by atoms with Gasteiger partial charge in [0.15, 0.2) is 6.61 Å². The van der Waals surface area contributed by atoms with Gasteiger partial charge in [0.05, 0.1) is 12.2 Å². The number of piperazine rings is 1. The maximum Gasteiger partial charge on any atom is 0.265 e. The number of benzene rings is 1. The third-order valence-electron chi connectivity index (χ3n) is 4.69. The molecule has 2 aliphatic rings. The van der Waals surface area contributed by atoms with E-state index in [1.165, 1.54) is 4.90 Å². The lowest BCUT2D eigenvalue weighted by atomic mass is 10.2. The number of halogens is 1. The lowest BCUT2D eigenvalue weighted by Crippen LogP contribution is -2.54. The average molecular weight is 451 g/mol. The zero-order valence-electron chi connectivity index (χ0n) is 15.5. The molecular formula is C19H23BrN4O4. The number of anilines is 1. The SMILES string of the molecule is C=CCNC(=O)CN1CCN(C(=O)CN2C(=O)COc3cc(Br)ccc32)CC1. The van der Waals surface area contributed by atoms with Crippen LogP contribution in [0.25, 0.3) is 0 Å². The van der Waals surface area contributed by atoms with Crippen LogP contribution in [0.3, 0.4) is 0 Å². The first kappa shape index (κ1) is 20.3. The summed E-state index contributed by atoms with van der Waals surface area (Å²) in [5, 5.41) is 2.75. The van der Waals surface area contributed by atoms with Crippen molar-refractivity contribution in [2.24, 2.45) is 0 Å². The molecule has 0 spiro atoms. The molecule has 28 heavy (non-hydrogen) atoms. The summed E-state index contributed by atoms with van der Waals surface area (Å²) >= 11 is 3.38. The second-order valence-electron chi connectivity index (χ2n) is 6.63. The van der Waals surface area contributed by atoms with Crippen molar-refractivity contribution in [1.82, 2.24) is 15.1 Å². The summed E-state index contributed by atoms with van der Waals surface area (Å²) in [5.41, 5.74) is 0.602. The van der Waals surface area contributed by atoms with Crippen molar-refractivity contribution in [2.45, 2.75) is 0 Å². The van der Waals surface area contributed by atoms with Gasteiger partial charge < -0.3 is 15.0 Å². The Morgan fingerprint density at radius 1 is 1.21 bits per heavy atom. The normalized spacial score (nSPS) is 17.0. The summed E-state index contributed by atoms with van der Waals surface area (Å²) in [4.78, 5) is 42.0.